The minimum atomic E-state index is -0.547. The fourth-order valence-corrected chi connectivity index (χ4v) is 3.96. The Labute approximate surface area is 208 Å². The SMILES string of the molecule is CC[C@H](C(=O)NCC(C)C)N(Cc1ccc(Cl)c(Cl)c1)C(=O)CCc1ccc(C(C)C)cc1. The second-order valence-electron chi connectivity index (χ2n) is 9.23. The van der Waals surface area contributed by atoms with Gasteiger partial charge in [-0.2, -0.15) is 0 Å². The van der Waals surface area contributed by atoms with E-state index in [1.54, 1.807) is 17.0 Å². The lowest BCUT2D eigenvalue weighted by Crippen LogP contribution is -2.49. The highest BCUT2D eigenvalue weighted by Gasteiger charge is 2.28. The maximum atomic E-state index is 13.4. The van der Waals surface area contributed by atoms with Gasteiger partial charge < -0.3 is 10.2 Å². The Morgan fingerprint density at radius 2 is 1.58 bits per heavy atom. The number of halogens is 2. The van der Waals surface area contributed by atoms with Crippen molar-refractivity contribution in [1.82, 2.24) is 10.2 Å². The van der Waals surface area contributed by atoms with E-state index in [4.69, 9.17) is 23.2 Å². The van der Waals surface area contributed by atoms with E-state index < -0.39 is 6.04 Å². The number of nitrogens with one attached hydrogen (secondary N) is 1. The van der Waals surface area contributed by atoms with Gasteiger partial charge in [0, 0.05) is 19.5 Å². The highest BCUT2D eigenvalue weighted by molar-refractivity contribution is 6.42. The van der Waals surface area contributed by atoms with Gasteiger partial charge in [0.15, 0.2) is 0 Å². The largest absolute Gasteiger partial charge is 0.354 e. The molecule has 1 atom stereocenters. The van der Waals surface area contributed by atoms with Gasteiger partial charge in [-0.25, -0.2) is 0 Å². The van der Waals surface area contributed by atoms with Crippen molar-refractivity contribution in [2.75, 3.05) is 6.54 Å². The Kier molecular flexibility index (Phi) is 10.7. The molecule has 33 heavy (non-hydrogen) atoms. The van der Waals surface area contributed by atoms with Gasteiger partial charge in [-0.05, 0) is 53.5 Å². The van der Waals surface area contributed by atoms with Crippen LogP contribution >= 0.6 is 23.2 Å². The summed E-state index contributed by atoms with van der Waals surface area (Å²) in [6.45, 7) is 11.2. The molecule has 0 heterocycles. The highest BCUT2D eigenvalue weighted by Crippen LogP contribution is 2.24. The minimum Gasteiger partial charge on any atom is -0.354 e. The molecule has 2 rings (SSSR count). The highest BCUT2D eigenvalue weighted by atomic mass is 35.5. The monoisotopic (exact) mass is 490 g/mol. The maximum absolute atomic E-state index is 13.4. The third kappa shape index (κ3) is 8.35. The van der Waals surface area contributed by atoms with Crippen molar-refractivity contribution >= 4 is 35.0 Å². The second kappa shape index (κ2) is 13.0. The summed E-state index contributed by atoms with van der Waals surface area (Å²) in [6, 6.07) is 13.2. The summed E-state index contributed by atoms with van der Waals surface area (Å²) in [6.07, 6.45) is 1.48. The van der Waals surface area contributed by atoms with Crippen molar-refractivity contribution in [3.8, 4) is 0 Å². The minimum absolute atomic E-state index is 0.0550. The predicted molar refractivity (Wildman–Crippen MR) is 138 cm³/mol. The number of benzene rings is 2. The van der Waals surface area contributed by atoms with Gasteiger partial charge in [0.2, 0.25) is 11.8 Å². The average molecular weight is 492 g/mol. The van der Waals surface area contributed by atoms with Crippen LogP contribution in [0.4, 0.5) is 0 Å². The average Bonchev–Trinajstić information content (AvgIpc) is 2.78. The van der Waals surface area contributed by atoms with E-state index in [0.717, 1.165) is 11.1 Å². The third-order valence-electron chi connectivity index (χ3n) is 5.68. The van der Waals surface area contributed by atoms with E-state index in [2.05, 4.69) is 43.4 Å². The number of hydrogen-bond acceptors (Lipinski definition) is 2. The van der Waals surface area contributed by atoms with E-state index in [1.807, 2.05) is 26.8 Å². The fraction of sp³-hybridized carbons (Fsp3) is 0.481. The third-order valence-corrected chi connectivity index (χ3v) is 6.42. The van der Waals surface area contributed by atoms with Gasteiger partial charge >= 0.3 is 0 Å². The fourth-order valence-electron chi connectivity index (χ4n) is 3.64. The quantitative estimate of drug-likeness (QED) is 0.384. The summed E-state index contributed by atoms with van der Waals surface area (Å²) in [5, 5.41) is 3.88. The normalized spacial score (nSPS) is 12.2. The van der Waals surface area contributed by atoms with Crippen molar-refractivity contribution in [3.05, 3.63) is 69.2 Å². The standard InChI is InChI=1S/C27H36Cl2N2O2/c1-6-25(27(33)30-16-18(2)3)31(17-21-9-13-23(28)24(29)15-21)26(32)14-10-20-7-11-22(12-8-20)19(4)5/h7-9,11-13,15,18-19,25H,6,10,14,16-17H2,1-5H3,(H,30,33)/t25-/m1/s1. The molecule has 0 aliphatic rings. The predicted octanol–water partition coefficient (Wildman–Crippen LogP) is 6.63. The zero-order chi connectivity index (χ0) is 24.5. The van der Waals surface area contributed by atoms with E-state index in [-0.39, 0.29) is 11.8 Å². The lowest BCUT2D eigenvalue weighted by atomic mass is 10.00. The Bertz CT molecular complexity index is 926. The zero-order valence-corrected chi connectivity index (χ0v) is 21.8. The lowest BCUT2D eigenvalue weighted by Gasteiger charge is -2.31. The van der Waals surface area contributed by atoms with Gasteiger partial charge in [-0.1, -0.05) is 88.2 Å². The van der Waals surface area contributed by atoms with E-state index >= 15 is 0 Å². The van der Waals surface area contributed by atoms with Gasteiger partial charge in [-0.15, -0.1) is 0 Å². The van der Waals surface area contributed by atoms with Gasteiger partial charge in [0.1, 0.15) is 6.04 Å². The van der Waals surface area contributed by atoms with Crippen LogP contribution in [0.2, 0.25) is 10.0 Å². The molecular weight excluding hydrogens is 455 g/mol. The number of nitrogens with zero attached hydrogens (tertiary/aromatic N) is 1. The summed E-state index contributed by atoms with van der Waals surface area (Å²) >= 11 is 12.3. The number of rotatable bonds is 11. The first-order chi connectivity index (χ1) is 15.6. The lowest BCUT2D eigenvalue weighted by molar-refractivity contribution is -0.141. The van der Waals surface area contributed by atoms with Crippen molar-refractivity contribution in [3.63, 3.8) is 0 Å². The summed E-state index contributed by atoms with van der Waals surface area (Å²) in [4.78, 5) is 28.0. The van der Waals surface area contributed by atoms with Crippen LogP contribution in [0.5, 0.6) is 0 Å². The van der Waals surface area contributed by atoms with Gasteiger partial charge in [0.05, 0.1) is 10.0 Å². The van der Waals surface area contributed by atoms with Crippen LogP contribution in [-0.4, -0.2) is 29.3 Å². The Hall–Kier alpha value is -2.04. The number of carbonyl (C=O) groups is 2. The molecule has 2 aromatic carbocycles. The van der Waals surface area contributed by atoms with E-state index in [0.29, 0.717) is 54.2 Å². The smallest absolute Gasteiger partial charge is 0.242 e. The van der Waals surface area contributed by atoms with Crippen LogP contribution in [0.3, 0.4) is 0 Å². The summed E-state index contributed by atoms with van der Waals surface area (Å²) in [5.74, 6) is 0.623. The zero-order valence-electron chi connectivity index (χ0n) is 20.3. The number of amides is 2. The molecule has 0 aliphatic carbocycles. The Morgan fingerprint density at radius 3 is 2.12 bits per heavy atom. The summed E-state index contributed by atoms with van der Waals surface area (Å²) in [5.41, 5.74) is 3.23. The molecule has 0 saturated heterocycles. The summed E-state index contributed by atoms with van der Waals surface area (Å²) < 4.78 is 0. The topological polar surface area (TPSA) is 49.4 Å². The molecule has 0 fully saturated rings. The number of aryl methyl sites for hydroxylation is 1. The molecule has 2 aromatic rings. The van der Waals surface area contributed by atoms with Crippen LogP contribution in [0, 0.1) is 5.92 Å². The van der Waals surface area contributed by atoms with E-state index in [1.165, 1.54) is 5.56 Å². The van der Waals surface area contributed by atoms with Crippen LogP contribution in [-0.2, 0) is 22.6 Å². The number of carbonyl (C=O) groups excluding carboxylic acids is 2. The molecule has 0 spiro atoms. The van der Waals surface area contributed by atoms with Crippen LogP contribution in [0.25, 0.3) is 0 Å². The maximum Gasteiger partial charge on any atom is 0.242 e. The molecule has 0 unspecified atom stereocenters. The molecule has 180 valence electrons. The summed E-state index contributed by atoms with van der Waals surface area (Å²) in [7, 11) is 0. The van der Waals surface area contributed by atoms with Crippen molar-refractivity contribution < 1.29 is 9.59 Å². The molecule has 0 bridgehead atoms. The molecule has 2 amide bonds. The molecule has 0 radical (unpaired) electrons. The van der Waals surface area contributed by atoms with Gasteiger partial charge in [-0.3, -0.25) is 9.59 Å². The van der Waals surface area contributed by atoms with Crippen molar-refractivity contribution in [2.45, 2.75) is 72.4 Å². The molecule has 1 N–H and O–H groups in total. The molecular formula is C27H36Cl2N2O2. The van der Waals surface area contributed by atoms with Crippen molar-refractivity contribution in [2.24, 2.45) is 5.92 Å². The Morgan fingerprint density at radius 1 is 0.939 bits per heavy atom. The van der Waals surface area contributed by atoms with E-state index in [9.17, 15) is 9.59 Å². The van der Waals surface area contributed by atoms with Crippen LogP contribution in [0.1, 0.15) is 70.1 Å². The first-order valence-corrected chi connectivity index (χ1v) is 12.5. The molecule has 6 heteroatoms. The Balaban J connectivity index is 2.20. The van der Waals surface area contributed by atoms with Crippen molar-refractivity contribution in [1.29, 1.82) is 0 Å². The van der Waals surface area contributed by atoms with Crippen LogP contribution in [0.15, 0.2) is 42.5 Å². The molecule has 4 nitrogen and oxygen atoms in total. The second-order valence-corrected chi connectivity index (χ2v) is 10.0. The molecule has 0 aromatic heterocycles. The van der Waals surface area contributed by atoms with Gasteiger partial charge in [0.25, 0.3) is 0 Å². The number of hydrogen-bond donors (Lipinski definition) is 1. The molecule has 0 saturated carbocycles. The first kappa shape index (κ1) is 27.2. The first-order valence-electron chi connectivity index (χ1n) is 11.7. The van der Waals surface area contributed by atoms with Crippen LogP contribution < -0.4 is 5.32 Å². The molecule has 0 aliphatic heterocycles.